The lowest BCUT2D eigenvalue weighted by Crippen LogP contribution is -2.48. The van der Waals surface area contributed by atoms with Crippen molar-refractivity contribution in [2.45, 2.75) is 46.2 Å². The van der Waals surface area contributed by atoms with E-state index in [1.165, 1.54) is 0 Å². The number of halogens is 1. The van der Waals surface area contributed by atoms with E-state index in [9.17, 15) is 9.59 Å². The summed E-state index contributed by atoms with van der Waals surface area (Å²) in [5, 5.41) is 3.58. The van der Waals surface area contributed by atoms with Crippen molar-refractivity contribution in [3.8, 4) is 5.75 Å². The normalized spacial score (nSPS) is 11.8. The minimum absolute atomic E-state index is 0.0852. The molecule has 0 aromatic heterocycles. The van der Waals surface area contributed by atoms with E-state index >= 15 is 0 Å². The van der Waals surface area contributed by atoms with Gasteiger partial charge in [-0.2, -0.15) is 0 Å². The maximum Gasteiger partial charge on any atom is 0.242 e. The maximum atomic E-state index is 13.1. The Balaban J connectivity index is 2.14. The molecule has 1 N–H and O–H groups in total. The zero-order valence-electron chi connectivity index (χ0n) is 18.2. The second-order valence-electron chi connectivity index (χ2n) is 7.78. The van der Waals surface area contributed by atoms with Gasteiger partial charge in [0.25, 0.3) is 0 Å². The summed E-state index contributed by atoms with van der Waals surface area (Å²) >= 11 is 6.23. The zero-order chi connectivity index (χ0) is 22.1. The number of carbonyl (C=O) groups excluding carboxylic acids is 2. The lowest BCUT2D eigenvalue weighted by atomic mass is 10.1. The van der Waals surface area contributed by atoms with E-state index in [-0.39, 0.29) is 18.2 Å². The fourth-order valence-corrected chi connectivity index (χ4v) is 3.28. The summed E-state index contributed by atoms with van der Waals surface area (Å²) in [4.78, 5) is 27.4. The molecule has 0 fully saturated rings. The van der Waals surface area contributed by atoms with Gasteiger partial charge < -0.3 is 15.0 Å². The van der Waals surface area contributed by atoms with Crippen LogP contribution in [0.3, 0.4) is 0 Å². The van der Waals surface area contributed by atoms with Crippen LogP contribution in [-0.4, -0.2) is 36.4 Å². The maximum absolute atomic E-state index is 13.1. The number of hydrogen-bond acceptors (Lipinski definition) is 3. The highest BCUT2D eigenvalue weighted by molar-refractivity contribution is 6.31. The van der Waals surface area contributed by atoms with Crippen molar-refractivity contribution < 1.29 is 14.3 Å². The van der Waals surface area contributed by atoms with Crippen molar-refractivity contribution in [3.63, 3.8) is 0 Å². The molecular formula is C24H31ClN2O3. The molecule has 162 valence electrons. The van der Waals surface area contributed by atoms with Gasteiger partial charge in [0.15, 0.2) is 0 Å². The molecule has 2 amide bonds. The Morgan fingerprint density at radius 1 is 1.07 bits per heavy atom. The Kier molecular flexibility index (Phi) is 9.18. The SMILES string of the molecule is COc1ccc(CN(C(=O)CCc2ccccc2Cl)C(C)C(=O)NCC(C)C)cc1. The third-order valence-electron chi connectivity index (χ3n) is 4.93. The van der Waals surface area contributed by atoms with Crippen molar-refractivity contribution in [2.24, 2.45) is 5.92 Å². The van der Waals surface area contributed by atoms with Gasteiger partial charge in [0, 0.05) is 24.5 Å². The van der Waals surface area contributed by atoms with Gasteiger partial charge in [0.05, 0.1) is 7.11 Å². The van der Waals surface area contributed by atoms with Crippen LogP contribution >= 0.6 is 11.6 Å². The monoisotopic (exact) mass is 430 g/mol. The average Bonchev–Trinajstić information content (AvgIpc) is 2.74. The van der Waals surface area contributed by atoms with Gasteiger partial charge in [-0.3, -0.25) is 9.59 Å². The molecule has 2 rings (SSSR count). The molecule has 0 aliphatic carbocycles. The third-order valence-corrected chi connectivity index (χ3v) is 5.30. The predicted octanol–water partition coefficient (Wildman–Crippen LogP) is 4.47. The summed E-state index contributed by atoms with van der Waals surface area (Å²) in [5.41, 5.74) is 1.86. The van der Waals surface area contributed by atoms with E-state index in [2.05, 4.69) is 5.32 Å². The van der Waals surface area contributed by atoms with Crippen LogP contribution in [0.4, 0.5) is 0 Å². The number of ether oxygens (including phenoxy) is 1. The topological polar surface area (TPSA) is 58.6 Å². The van der Waals surface area contributed by atoms with Crippen molar-refractivity contribution in [1.82, 2.24) is 10.2 Å². The fourth-order valence-electron chi connectivity index (χ4n) is 3.05. The summed E-state index contributed by atoms with van der Waals surface area (Å²) in [7, 11) is 1.61. The smallest absolute Gasteiger partial charge is 0.242 e. The van der Waals surface area contributed by atoms with Crippen LogP contribution in [0.5, 0.6) is 5.75 Å². The second-order valence-corrected chi connectivity index (χ2v) is 8.18. The Morgan fingerprint density at radius 3 is 2.33 bits per heavy atom. The minimum Gasteiger partial charge on any atom is -0.497 e. The summed E-state index contributed by atoms with van der Waals surface area (Å²) in [6.45, 7) is 6.77. The quantitative estimate of drug-likeness (QED) is 0.605. The first-order valence-corrected chi connectivity index (χ1v) is 10.6. The molecule has 2 aromatic carbocycles. The van der Waals surface area contributed by atoms with Crippen molar-refractivity contribution in [2.75, 3.05) is 13.7 Å². The zero-order valence-corrected chi connectivity index (χ0v) is 18.9. The highest BCUT2D eigenvalue weighted by Gasteiger charge is 2.26. The Hall–Kier alpha value is -2.53. The number of rotatable bonds is 10. The van der Waals surface area contributed by atoms with Gasteiger partial charge in [-0.15, -0.1) is 0 Å². The Morgan fingerprint density at radius 2 is 1.73 bits per heavy atom. The van der Waals surface area contributed by atoms with Crippen LogP contribution in [0.15, 0.2) is 48.5 Å². The fraction of sp³-hybridized carbons (Fsp3) is 0.417. The van der Waals surface area contributed by atoms with Gasteiger partial charge in [0.2, 0.25) is 11.8 Å². The molecule has 1 atom stereocenters. The standard InChI is InChI=1S/C24H31ClN2O3/c1-17(2)15-26-24(29)18(3)27(16-19-9-12-21(30-4)13-10-19)23(28)14-11-20-7-5-6-8-22(20)25/h5-10,12-13,17-18H,11,14-16H2,1-4H3,(H,26,29). The first-order valence-electron chi connectivity index (χ1n) is 10.2. The number of hydrogen-bond donors (Lipinski definition) is 1. The molecule has 0 saturated carbocycles. The number of benzene rings is 2. The van der Waals surface area contributed by atoms with E-state index in [1.807, 2.05) is 62.4 Å². The Labute approximate surface area is 184 Å². The number of carbonyl (C=O) groups is 2. The summed E-state index contributed by atoms with van der Waals surface area (Å²) in [6.07, 6.45) is 0.805. The molecule has 2 aromatic rings. The van der Waals surface area contributed by atoms with Crippen LogP contribution in [0.2, 0.25) is 5.02 Å². The summed E-state index contributed by atoms with van der Waals surface area (Å²) in [5.74, 6) is 0.853. The largest absolute Gasteiger partial charge is 0.497 e. The van der Waals surface area contributed by atoms with Crippen molar-refractivity contribution in [3.05, 3.63) is 64.7 Å². The van der Waals surface area contributed by atoms with Gasteiger partial charge in [0.1, 0.15) is 11.8 Å². The van der Waals surface area contributed by atoms with Gasteiger partial charge in [-0.25, -0.2) is 0 Å². The second kappa shape index (κ2) is 11.6. The molecule has 0 spiro atoms. The van der Waals surface area contributed by atoms with Crippen LogP contribution in [0, 0.1) is 5.92 Å². The molecule has 5 nitrogen and oxygen atoms in total. The molecule has 1 unspecified atom stereocenters. The highest BCUT2D eigenvalue weighted by atomic mass is 35.5. The van der Waals surface area contributed by atoms with Crippen LogP contribution in [0.25, 0.3) is 0 Å². The summed E-state index contributed by atoms with van der Waals surface area (Å²) < 4.78 is 5.20. The van der Waals surface area contributed by atoms with Gasteiger partial charge in [-0.1, -0.05) is 55.8 Å². The predicted molar refractivity (Wildman–Crippen MR) is 121 cm³/mol. The molecule has 0 saturated heterocycles. The number of nitrogens with zero attached hydrogens (tertiary/aromatic N) is 1. The molecule has 0 bridgehead atoms. The Bertz CT molecular complexity index is 837. The highest BCUT2D eigenvalue weighted by Crippen LogP contribution is 2.19. The molecule has 0 aliphatic heterocycles. The molecule has 6 heteroatoms. The van der Waals surface area contributed by atoms with Crippen LogP contribution in [-0.2, 0) is 22.6 Å². The van der Waals surface area contributed by atoms with Gasteiger partial charge >= 0.3 is 0 Å². The van der Waals surface area contributed by atoms with E-state index in [4.69, 9.17) is 16.3 Å². The third kappa shape index (κ3) is 7.06. The lowest BCUT2D eigenvalue weighted by Gasteiger charge is -2.29. The van der Waals surface area contributed by atoms with Crippen LogP contribution < -0.4 is 10.1 Å². The first kappa shape index (κ1) is 23.7. The van der Waals surface area contributed by atoms with E-state index in [0.717, 1.165) is 16.9 Å². The molecule has 30 heavy (non-hydrogen) atoms. The van der Waals surface area contributed by atoms with Crippen molar-refractivity contribution >= 4 is 23.4 Å². The van der Waals surface area contributed by atoms with Gasteiger partial charge in [-0.05, 0) is 48.6 Å². The molecular weight excluding hydrogens is 400 g/mol. The number of aryl methyl sites for hydroxylation is 1. The first-order chi connectivity index (χ1) is 14.3. The van der Waals surface area contributed by atoms with E-state index in [1.54, 1.807) is 18.9 Å². The number of nitrogens with one attached hydrogen (secondary N) is 1. The number of amides is 2. The molecule has 0 heterocycles. The minimum atomic E-state index is -0.579. The molecule has 0 aliphatic rings. The lowest BCUT2D eigenvalue weighted by molar-refractivity contribution is -0.140. The average molecular weight is 431 g/mol. The van der Waals surface area contributed by atoms with Crippen LogP contribution in [0.1, 0.15) is 38.3 Å². The number of methoxy groups -OCH3 is 1. The summed E-state index contributed by atoms with van der Waals surface area (Å²) in [6, 6.07) is 14.5. The van der Waals surface area contributed by atoms with E-state index in [0.29, 0.717) is 30.5 Å². The van der Waals surface area contributed by atoms with Crippen molar-refractivity contribution in [1.29, 1.82) is 0 Å². The van der Waals surface area contributed by atoms with E-state index < -0.39 is 6.04 Å². The molecule has 0 radical (unpaired) electrons.